The quantitative estimate of drug-likeness (QED) is 0.387. The van der Waals surface area contributed by atoms with E-state index in [0.717, 1.165) is 11.8 Å². The zero-order valence-corrected chi connectivity index (χ0v) is 9.37. The number of hydrogen-bond donors (Lipinski definition) is 0. The van der Waals surface area contributed by atoms with Crippen molar-refractivity contribution in [3.63, 3.8) is 0 Å². The fourth-order valence-electron chi connectivity index (χ4n) is 1.57. The minimum Gasteiger partial charge on any atom is -0.127 e. The lowest BCUT2D eigenvalue weighted by molar-refractivity contribution is 0.408. The molecule has 0 radical (unpaired) electrons. The SMILES string of the molecule is CCCCC(CC)CCCCCl. The van der Waals surface area contributed by atoms with E-state index in [1.807, 2.05) is 0 Å². The van der Waals surface area contributed by atoms with Gasteiger partial charge < -0.3 is 0 Å². The van der Waals surface area contributed by atoms with Crippen molar-refractivity contribution in [3.8, 4) is 0 Å². The Labute approximate surface area is 82.7 Å². The molecule has 0 spiro atoms. The van der Waals surface area contributed by atoms with Gasteiger partial charge in [-0.2, -0.15) is 0 Å². The summed E-state index contributed by atoms with van der Waals surface area (Å²) >= 11 is 5.63. The second-order valence-corrected chi connectivity index (χ2v) is 3.98. The lowest BCUT2D eigenvalue weighted by Gasteiger charge is -2.13. The third-order valence-electron chi connectivity index (χ3n) is 2.54. The van der Waals surface area contributed by atoms with Crippen LogP contribution in [0.3, 0.4) is 0 Å². The van der Waals surface area contributed by atoms with Gasteiger partial charge in [0.2, 0.25) is 0 Å². The largest absolute Gasteiger partial charge is 0.127 e. The molecule has 1 atom stereocenters. The Morgan fingerprint density at radius 2 is 1.67 bits per heavy atom. The van der Waals surface area contributed by atoms with Gasteiger partial charge >= 0.3 is 0 Å². The Kier molecular flexibility index (Phi) is 9.61. The monoisotopic (exact) mass is 190 g/mol. The van der Waals surface area contributed by atoms with E-state index in [4.69, 9.17) is 11.6 Å². The van der Waals surface area contributed by atoms with Gasteiger partial charge in [0, 0.05) is 5.88 Å². The summed E-state index contributed by atoms with van der Waals surface area (Å²) in [7, 11) is 0. The highest BCUT2D eigenvalue weighted by Crippen LogP contribution is 2.19. The third-order valence-corrected chi connectivity index (χ3v) is 2.81. The van der Waals surface area contributed by atoms with E-state index in [0.29, 0.717) is 0 Å². The molecule has 74 valence electrons. The highest BCUT2D eigenvalue weighted by molar-refractivity contribution is 6.17. The van der Waals surface area contributed by atoms with Crippen molar-refractivity contribution in [1.82, 2.24) is 0 Å². The predicted octanol–water partition coefficient (Wildman–Crippen LogP) is 4.61. The summed E-state index contributed by atoms with van der Waals surface area (Å²) in [5, 5.41) is 0. The molecule has 0 rings (SSSR count). The van der Waals surface area contributed by atoms with Crippen LogP contribution in [0.1, 0.15) is 58.8 Å². The number of unbranched alkanes of at least 4 members (excludes halogenated alkanes) is 2. The minimum absolute atomic E-state index is 0.838. The predicted molar refractivity (Wildman–Crippen MR) is 57.9 cm³/mol. The van der Waals surface area contributed by atoms with Gasteiger partial charge in [0.05, 0.1) is 0 Å². The second-order valence-electron chi connectivity index (χ2n) is 3.60. The van der Waals surface area contributed by atoms with E-state index < -0.39 is 0 Å². The number of hydrogen-bond acceptors (Lipinski definition) is 0. The maximum Gasteiger partial charge on any atom is 0.0223 e. The summed E-state index contributed by atoms with van der Waals surface area (Å²) in [6.45, 7) is 4.58. The van der Waals surface area contributed by atoms with Crippen LogP contribution in [-0.2, 0) is 0 Å². The normalized spacial score (nSPS) is 13.2. The van der Waals surface area contributed by atoms with Crippen molar-refractivity contribution < 1.29 is 0 Å². The van der Waals surface area contributed by atoms with E-state index in [9.17, 15) is 0 Å². The molecule has 1 heteroatoms. The zero-order valence-electron chi connectivity index (χ0n) is 8.61. The average Bonchev–Trinajstić information content (AvgIpc) is 2.11. The van der Waals surface area contributed by atoms with E-state index in [2.05, 4.69) is 13.8 Å². The van der Waals surface area contributed by atoms with Crippen LogP contribution in [0.5, 0.6) is 0 Å². The fourth-order valence-corrected chi connectivity index (χ4v) is 1.76. The molecule has 0 bridgehead atoms. The molecule has 1 unspecified atom stereocenters. The van der Waals surface area contributed by atoms with Crippen LogP contribution in [-0.4, -0.2) is 5.88 Å². The summed E-state index contributed by atoms with van der Waals surface area (Å²) in [5.74, 6) is 1.80. The molecule has 0 aliphatic heterocycles. The van der Waals surface area contributed by atoms with Crippen molar-refractivity contribution in [3.05, 3.63) is 0 Å². The van der Waals surface area contributed by atoms with Gasteiger partial charge in [-0.3, -0.25) is 0 Å². The summed E-state index contributed by atoms with van der Waals surface area (Å²) in [5.41, 5.74) is 0. The molecule has 0 aliphatic rings. The molecule has 0 saturated carbocycles. The van der Waals surface area contributed by atoms with Gasteiger partial charge in [-0.05, 0) is 12.3 Å². The van der Waals surface area contributed by atoms with Gasteiger partial charge in [0.25, 0.3) is 0 Å². The molecule has 0 aromatic carbocycles. The Morgan fingerprint density at radius 3 is 2.17 bits per heavy atom. The van der Waals surface area contributed by atoms with Crippen molar-refractivity contribution >= 4 is 11.6 Å². The number of rotatable bonds is 8. The maximum absolute atomic E-state index is 5.63. The molecule has 0 fully saturated rings. The van der Waals surface area contributed by atoms with Crippen molar-refractivity contribution in [1.29, 1.82) is 0 Å². The summed E-state index contributed by atoms with van der Waals surface area (Å²) in [6.07, 6.45) is 9.43. The van der Waals surface area contributed by atoms with Crippen LogP contribution >= 0.6 is 11.6 Å². The van der Waals surface area contributed by atoms with Crippen molar-refractivity contribution in [2.24, 2.45) is 5.92 Å². The van der Waals surface area contributed by atoms with E-state index >= 15 is 0 Å². The van der Waals surface area contributed by atoms with Gasteiger partial charge in [-0.1, -0.05) is 52.4 Å². The van der Waals surface area contributed by atoms with Crippen LogP contribution in [0.15, 0.2) is 0 Å². The summed E-state index contributed by atoms with van der Waals surface area (Å²) in [6, 6.07) is 0. The molecule has 0 nitrogen and oxygen atoms in total. The van der Waals surface area contributed by atoms with Gasteiger partial charge in [-0.25, -0.2) is 0 Å². The van der Waals surface area contributed by atoms with Crippen LogP contribution < -0.4 is 0 Å². The molecule has 0 saturated heterocycles. The Hall–Kier alpha value is 0.290. The Morgan fingerprint density at radius 1 is 1.00 bits per heavy atom. The molecule has 0 aromatic rings. The van der Waals surface area contributed by atoms with E-state index in [-0.39, 0.29) is 0 Å². The summed E-state index contributed by atoms with van der Waals surface area (Å²) < 4.78 is 0. The smallest absolute Gasteiger partial charge is 0.0223 e. The summed E-state index contributed by atoms with van der Waals surface area (Å²) in [4.78, 5) is 0. The zero-order chi connectivity index (χ0) is 9.23. The number of halogens is 1. The molecule has 12 heavy (non-hydrogen) atoms. The van der Waals surface area contributed by atoms with Gasteiger partial charge in [0.1, 0.15) is 0 Å². The minimum atomic E-state index is 0.838. The topological polar surface area (TPSA) is 0 Å². The van der Waals surface area contributed by atoms with Crippen molar-refractivity contribution in [2.45, 2.75) is 58.8 Å². The van der Waals surface area contributed by atoms with Gasteiger partial charge in [-0.15, -0.1) is 11.6 Å². The fraction of sp³-hybridized carbons (Fsp3) is 1.00. The molecule has 0 heterocycles. The second kappa shape index (κ2) is 9.38. The van der Waals surface area contributed by atoms with E-state index in [1.54, 1.807) is 0 Å². The van der Waals surface area contributed by atoms with Gasteiger partial charge in [0.15, 0.2) is 0 Å². The van der Waals surface area contributed by atoms with Crippen LogP contribution in [0.4, 0.5) is 0 Å². The molecular formula is C11H23Cl. The standard InChI is InChI=1S/C11H23Cl/c1-3-5-8-11(4-2)9-6-7-10-12/h11H,3-10H2,1-2H3. The van der Waals surface area contributed by atoms with Crippen LogP contribution in [0, 0.1) is 5.92 Å². The highest BCUT2D eigenvalue weighted by atomic mass is 35.5. The lowest BCUT2D eigenvalue weighted by Crippen LogP contribution is -1.98. The average molecular weight is 191 g/mol. The Balaban J connectivity index is 3.26. The third kappa shape index (κ3) is 6.97. The molecule has 0 aromatic heterocycles. The van der Waals surface area contributed by atoms with Crippen molar-refractivity contribution in [2.75, 3.05) is 5.88 Å². The van der Waals surface area contributed by atoms with Crippen LogP contribution in [0.25, 0.3) is 0 Å². The molecule has 0 amide bonds. The molecular weight excluding hydrogens is 168 g/mol. The number of alkyl halides is 1. The maximum atomic E-state index is 5.63. The lowest BCUT2D eigenvalue weighted by atomic mass is 9.94. The van der Waals surface area contributed by atoms with Crippen LogP contribution in [0.2, 0.25) is 0 Å². The van der Waals surface area contributed by atoms with E-state index in [1.165, 1.54) is 44.9 Å². The first kappa shape index (κ1) is 12.3. The highest BCUT2D eigenvalue weighted by Gasteiger charge is 2.04. The first-order valence-electron chi connectivity index (χ1n) is 5.41. The molecule has 0 aliphatic carbocycles. The Bertz CT molecular complexity index is 81.1. The molecule has 0 N–H and O–H groups in total. The first-order valence-corrected chi connectivity index (χ1v) is 5.94. The first-order chi connectivity index (χ1) is 5.85.